The van der Waals surface area contributed by atoms with Crippen LogP contribution in [0.3, 0.4) is 0 Å². The molecule has 13 rings (SSSR count). The van der Waals surface area contributed by atoms with Gasteiger partial charge in [-0.1, -0.05) is 200 Å². The summed E-state index contributed by atoms with van der Waals surface area (Å²) >= 11 is 0. The normalized spacial score (nSPS) is 13.0. The van der Waals surface area contributed by atoms with Crippen molar-refractivity contribution in [3.63, 3.8) is 0 Å². The van der Waals surface area contributed by atoms with Crippen molar-refractivity contribution in [2.45, 2.75) is 5.41 Å². The second kappa shape index (κ2) is 13.5. The van der Waals surface area contributed by atoms with Crippen molar-refractivity contribution >= 4 is 49.4 Å². The maximum atomic E-state index is 2.44. The molecular formula is C61H39N. The summed E-state index contributed by atoms with van der Waals surface area (Å²) in [7, 11) is 0. The Hall–Kier alpha value is -8.00. The molecule has 0 heterocycles. The summed E-state index contributed by atoms with van der Waals surface area (Å²) < 4.78 is 0. The van der Waals surface area contributed by atoms with E-state index in [2.05, 4.69) is 241 Å². The van der Waals surface area contributed by atoms with E-state index < -0.39 is 0 Å². The van der Waals surface area contributed by atoms with Crippen LogP contribution in [-0.4, -0.2) is 0 Å². The highest BCUT2D eigenvalue weighted by molar-refractivity contribution is 6.05. The van der Waals surface area contributed by atoms with E-state index in [0.717, 1.165) is 17.1 Å². The SMILES string of the molecule is c1ccc2c(c1)-c1ccccc1C21c2ccccc2-c2c(-c3ccc4cccc(N(c5ccc(-c6cccc7ccccc67)cc5)c5ccc6ccccc6c5)c4c3)cccc21. The number of nitrogens with zero attached hydrogens (tertiary/aromatic N) is 1. The first kappa shape index (κ1) is 34.8. The molecule has 0 atom stereocenters. The Balaban J connectivity index is 1.01. The van der Waals surface area contributed by atoms with Crippen LogP contribution in [0.5, 0.6) is 0 Å². The Bertz CT molecular complexity index is 3540. The molecule has 0 aliphatic heterocycles. The largest absolute Gasteiger partial charge is 0.310 e. The lowest BCUT2D eigenvalue weighted by Crippen LogP contribution is -2.25. The number of benzene rings is 11. The van der Waals surface area contributed by atoms with E-state index >= 15 is 0 Å². The number of fused-ring (bicyclic) bond motifs is 13. The molecule has 0 unspecified atom stereocenters. The predicted octanol–water partition coefficient (Wildman–Crippen LogP) is 16.3. The lowest BCUT2D eigenvalue weighted by atomic mass is 9.70. The van der Waals surface area contributed by atoms with Crippen molar-refractivity contribution in [3.8, 4) is 44.5 Å². The van der Waals surface area contributed by atoms with Gasteiger partial charge in [0.15, 0.2) is 0 Å². The van der Waals surface area contributed by atoms with Crippen molar-refractivity contribution in [2.75, 3.05) is 4.90 Å². The summed E-state index contributed by atoms with van der Waals surface area (Å²) in [5.74, 6) is 0. The third kappa shape index (κ3) is 4.97. The van der Waals surface area contributed by atoms with Gasteiger partial charge in [0.05, 0.1) is 11.1 Å². The van der Waals surface area contributed by atoms with Crippen LogP contribution in [-0.2, 0) is 5.41 Å². The summed E-state index contributed by atoms with van der Waals surface area (Å²) in [6.45, 7) is 0. The van der Waals surface area contributed by atoms with Gasteiger partial charge in [-0.2, -0.15) is 0 Å². The highest BCUT2D eigenvalue weighted by Gasteiger charge is 2.51. The minimum absolute atomic E-state index is 0.387. The van der Waals surface area contributed by atoms with E-state index in [4.69, 9.17) is 0 Å². The van der Waals surface area contributed by atoms with Crippen LogP contribution >= 0.6 is 0 Å². The molecule has 0 saturated heterocycles. The molecule has 1 spiro atoms. The second-order valence-corrected chi connectivity index (χ2v) is 16.8. The lowest BCUT2D eigenvalue weighted by molar-refractivity contribution is 0.794. The van der Waals surface area contributed by atoms with Crippen molar-refractivity contribution in [1.29, 1.82) is 0 Å². The van der Waals surface area contributed by atoms with Crippen LogP contribution in [0.4, 0.5) is 17.1 Å². The third-order valence-corrected chi connectivity index (χ3v) is 13.6. The fraction of sp³-hybridized carbons (Fsp3) is 0.0164. The van der Waals surface area contributed by atoms with Crippen molar-refractivity contribution in [1.82, 2.24) is 0 Å². The average molecular weight is 786 g/mol. The Morgan fingerprint density at radius 2 is 0.774 bits per heavy atom. The summed E-state index contributed by atoms with van der Waals surface area (Å²) in [6.07, 6.45) is 0. The number of anilines is 3. The minimum Gasteiger partial charge on any atom is -0.310 e. The van der Waals surface area contributed by atoms with Gasteiger partial charge in [-0.05, 0) is 130 Å². The Morgan fingerprint density at radius 3 is 1.55 bits per heavy atom. The van der Waals surface area contributed by atoms with Crippen LogP contribution in [0, 0.1) is 0 Å². The zero-order valence-corrected chi connectivity index (χ0v) is 34.0. The molecule has 0 fully saturated rings. The quantitative estimate of drug-likeness (QED) is 0.168. The van der Waals surface area contributed by atoms with Crippen LogP contribution in [0.2, 0.25) is 0 Å². The van der Waals surface area contributed by atoms with Crippen LogP contribution in [0.25, 0.3) is 76.8 Å². The van der Waals surface area contributed by atoms with E-state index in [9.17, 15) is 0 Å². The summed E-state index contributed by atoms with van der Waals surface area (Å²) in [4.78, 5) is 2.44. The number of hydrogen-bond donors (Lipinski definition) is 0. The first-order chi connectivity index (χ1) is 30.8. The van der Waals surface area contributed by atoms with Crippen LogP contribution in [0.15, 0.2) is 237 Å². The number of hydrogen-bond acceptors (Lipinski definition) is 1. The fourth-order valence-corrected chi connectivity index (χ4v) is 11.0. The minimum atomic E-state index is -0.387. The van der Waals surface area contributed by atoms with E-state index in [1.165, 1.54) is 99.1 Å². The first-order valence-corrected chi connectivity index (χ1v) is 21.6. The summed E-state index contributed by atoms with van der Waals surface area (Å²) in [6, 6.07) is 87.9. The molecule has 0 saturated carbocycles. The monoisotopic (exact) mass is 785 g/mol. The fourth-order valence-electron chi connectivity index (χ4n) is 11.0. The average Bonchev–Trinajstić information content (AvgIpc) is 3.82. The van der Waals surface area contributed by atoms with Gasteiger partial charge in [0.1, 0.15) is 0 Å². The molecule has 11 aromatic carbocycles. The van der Waals surface area contributed by atoms with Gasteiger partial charge in [-0.3, -0.25) is 0 Å². The molecule has 11 aromatic rings. The first-order valence-electron chi connectivity index (χ1n) is 21.6. The summed E-state index contributed by atoms with van der Waals surface area (Å²) in [5.41, 5.74) is 18.6. The van der Waals surface area contributed by atoms with Crippen LogP contribution < -0.4 is 4.90 Å². The van der Waals surface area contributed by atoms with E-state index in [-0.39, 0.29) is 5.41 Å². The Labute approximate surface area is 361 Å². The van der Waals surface area contributed by atoms with Crippen molar-refractivity contribution in [3.05, 3.63) is 259 Å². The maximum Gasteiger partial charge on any atom is 0.0725 e. The molecule has 0 N–H and O–H groups in total. The van der Waals surface area contributed by atoms with Crippen molar-refractivity contribution < 1.29 is 0 Å². The predicted molar refractivity (Wildman–Crippen MR) is 261 cm³/mol. The van der Waals surface area contributed by atoms with E-state index in [1.54, 1.807) is 0 Å². The maximum absolute atomic E-state index is 2.44. The molecule has 1 nitrogen and oxygen atoms in total. The van der Waals surface area contributed by atoms with Gasteiger partial charge in [-0.15, -0.1) is 0 Å². The molecule has 0 amide bonds. The lowest BCUT2D eigenvalue weighted by Gasteiger charge is -2.30. The third-order valence-electron chi connectivity index (χ3n) is 13.6. The van der Waals surface area contributed by atoms with Gasteiger partial charge in [0, 0.05) is 16.8 Å². The molecule has 2 aliphatic rings. The molecular weight excluding hydrogens is 747 g/mol. The zero-order chi connectivity index (χ0) is 40.8. The summed E-state index contributed by atoms with van der Waals surface area (Å²) in [5, 5.41) is 7.35. The smallest absolute Gasteiger partial charge is 0.0725 e. The zero-order valence-electron chi connectivity index (χ0n) is 34.0. The van der Waals surface area contributed by atoms with Crippen LogP contribution in [0.1, 0.15) is 22.3 Å². The molecule has 0 bridgehead atoms. The van der Waals surface area contributed by atoms with Gasteiger partial charge in [0.2, 0.25) is 0 Å². The molecule has 1 heteroatoms. The van der Waals surface area contributed by atoms with Crippen molar-refractivity contribution in [2.24, 2.45) is 0 Å². The molecule has 0 aromatic heterocycles. The topological polar surface area (TPSA) is 3.24 Å². The van der Waals surface area contributed by atoms with Gasteiger partial charge in [0.25, 0.3) is 0 Å². The van der Waals surface area contributed by atoms with Gasteiger partial charge >= 0.3 is 0 Å². The molecule has 0 radical (unpaired) electrons. The second-order valence-electron chi connectivity index (χ2n) is 16.8. The van der Waals surface area contributed by atoms with Gasteiger partial charge < -0.3 is 4.90 Å². The molecule has 2 aliphatic carbocycles. The van der Waals surface area contributed by atoms with E-state index in [0.29, 0.717) is 0 Å². The molecule has 62 heavy (non-hydrogen) atoms. The number of rotatable bonds is 5. The Kier molecular flexibility index (Phi) is 7.59. The standard InChI is InChI=1S/C61H39N/c1-2-16-44-38-47(37-32-40(44)14-1)62(46-35-33-43(34-36-46)49-23-11-17-41-15-3-4-19-48(41)49)59-29-12-18-42-30-31-45(39-54(42)59)50-24-13-28-58-60(50)53-22-7-10-27-57(53)61(58)55-25-8-5-20-51(55)52-21-6-9-26-56(52)61/h1-39H. The highest BCUT2D eigenvalue weighted by Crippen LogP contribution is 2.64. The Morgan fingerprint density at radius 1 is 0.274 bits per heavy atom. The molecule has 288 valence electrons. The highest BCUT2D eigenvalue weighted by atomic mass is 15.1. The van der Waals surface area contributed by atoms with E-state index in [1.807, 2.05) is 0 Å². The van der Waals surface area contributed by atoms with Gasteiger partial charge in [-0.25, -0.2) is 0 Å².